The van der Waals surface area contributed by atoms with E-state index in [4.69, 9.17) is 0 Å². The zero-order valence-electron chi connectivity index (χ0n) is 18.6. The molecule has 2 N–H and O–H groups in total. The predicted molar refractivity (Wildman–Crippen MR) is 129 cm³/mol. The second-order valence-corrected chi connectivity index (χ2v) is 10.5. The van der Waals surface area contributed by atoms with Gasteiger partial charge in [-0.2, -0.15) is 0 Å². The van der Waals surface area contributed by atoms with Crippen LogP contribution in [0.4, 0.5) is 11.4 Å². The highest BCUT2D eigenvalue weighted by Gasteiger charge is 2.25. The first kappa shape index (κ1) is 22.6. The van der Waals surface area contributed by atoms with Crippen LogP contribution in [0.5, 0.6) is 0 Å². The summed E-state index contributed by atoms with van der Waals surface area (Å²) < 4.78 is 26.6. The third-order valence-electron chi connectivity index (χ3n) is 6.27. The van der Waals surface area contributed by atoms with Crippen molar-refractivity contribution in [1.82, 2.24) is 10.2 Å². The van der Waals surface area contributed by atoms with Crippen molar-refractivity contribution >= 4 is 27.3 Å². The van der Waals surface area contributed by atoms with Gasteiger partial charge in [0.25, 0.3) is 5.91 Å². The number of anilines is 2. The lowest BCUT2D eigenvalue weighted by Crippen LogP contribution is -2.44. The summed E-state index contributed by atoms with van der Waals surface area (Å²) in [5.74, 6) is 0.547. The molecule has 0 radical (unpaired) electrons. The fourth-order valence-corrected chi connectivity index (χ4v) is 5.17. The molecule has 1 amide bonds. The van der Waals surface area contributed by atoms with E-state index >= 15 is 0 Å². The monoisotopic (exact) mass is 456 g/mol. The molecule has 2 heterocycles. The van der Waals surface area contributed by atoms with Gasteiger partial charge in [0.15, 0.2) is 0 Å². The summed E-state index contributed by atoms with van der Waals surface area (Å²) in [5.41, 5.74) is 3.16. The highest BCUT2D eigenvalue weighted by atomic mass is 32.2. The third-order valence-corrected chi connectivity index (χ3v) is 6.86. The number of nitrogens with one attached hydrogen (secondary N) is 2. The molecular weight excluding hydrogens is 424 g/mol. The van der Waals surface area contributed by atoms with Crippen molar-refractivity contribution in [2.75, 3.05) is 55.1 Å². The fourth-order valence-electron chi connectivity index (χ4n) is 4.60. The van der Waals surface area contributed by atoms with Gasteiger partial charge in [0.1, 0.15) is 0 Å². The molecule has 2 aliphatic heterocycles. The van der Waals surface area contributed by atoms with Crippen molar-refractivity contribution in [3.8, 4) is 0 Å². The maximum Gasteiger partial charge on any atom is 0.253 e. The maximum absolute atomic E-state index is 13.2. The van der Waals surface area contributed by atoms with Crippen LogP contribution >= 0.6 is 0 Å². The van der Waals surface area contributed by atoms with Crippen molar-refractivity contribution in [2.24, 2.45) is 5.92 Å². The molecule has 0 atom stereocenters. The van der Waals surface area contributed by atoms with Gasteiger partial charge >= 0.3 is 0 Å². The number of rotatable bonds is 6. The third kappa shape index (κ3) is 5.81. The van der Waals surface area contributed by atoms with E-state index in [2.05, 4.69) is 39.2 Å². The van der Waals surface area contributed by atoms with Crippen LogP contribution in [0.15, 0.2) is 48.5 Å². The molecule has 0 spiro atoms. The lowest BCUT2D eigenvalue weighted by atomic mass is 9.90. The van der Waals surface area contributed by atoms with Gasteiger partial charge in [0.2, 0.25) is 10.0 Å². The quantitative estimate of drug-likeness (QED) is 0.698. The molecule has 0 aliphatic carbocycles. The number of sulfonamides is 1. The number of likely N-dealkylation sites (tertiary alicyclic amines) is 1. The number of amides is 1. The van der Waals surface area contributed by atoms with Crippen molar-refractivity contribution in [3.05, 3.63) is 59.7 Å². The minimum Gasteiger partial charge on any atom is -0.367 e. The lowest BCUT2D eigenvalue weighted by molar-refractivity contribution is 0.0690. The molecule has 0 bridgehead atoms. The second-order valence-electron chi connectivity index (χ2n) is 8.77. The molecule has 2 aliphatic rings. The summed E-state index contributed by atoms with van der Waals surface area (Å²) in [4.78, 5) is 17.2. The Morgan fingerprint density at radius 1 is 1.03 bits per heavy atom. The van der Waals surface area contributed by atoms with Gasteiger partial charge in [0.05, 0.1) is 17.6 Å². The topological polar surface area (TPSA) is 81.8 Å². The zero-order valence-corrected chi connectivity index (χ0v) is 19.4. The zero-order chi connectivity index (χ0) is 22.6. The van der Waals surface area contributed by atoms with Crippen LogP contribution in [0.25, 0.3) is 0 Å². The summed E-state index contributed by atoms with van der Waals surface area (Å²) in [6, 6.07) is 15.9. The summed E-state index contributed by atoms with van der Waals surface area (Å²) in [5, 5.41) is 3.30. The molecule has 32 heavy (non-hydrogen) atoms. The van der Waals surface area contributed by atoms with E-state index in [1.54, 1.807) is 6.07 Å². The summed E-state index contributed by atoms with van der Waals surface area (Å²) >= 11 is 0. The first-order chi connectivity index (χ1) is 15.4. The molecule has 0 aromatic heterocycles. The largest absolute Gasteiger partial charge is 0.367 e. The second kappa shape index (κ2) is 9.92. The molecule has 2 aromatic rings. The van der Waals surface area contributed by atoms with Gasteiger partial charge in [-0.05, 0) is 48.9 Å². The Kier molecular flexibility index (Phi) is 7.01. The van der Waals surface area contributed by atoms with Crippen molar-refractivity contribution in [3.63, 3.8) is 0 Å². The van der Waals surface area contributed by atoms with Crippen molar-refractivity contribution in [1.29, 1.82) is 0 Å². The number of piperazine rings is 1. The molecular formula is C24H32N4O3S. The van der Waals surface area contributed by atoms with Crippen LogP contribution in [-0.2, 0) is 16.4 Å². The minimum absolute atomic E-state index is 0.0356. The molecule has 8 heteroatoms. The van der Waals surface area contributed by atoms with Gasteiger partial charge in [-0.25, -0.2) is 8.42 Å². The number of hydrogen-bond acceptors (Lipinski definition) is 5. The fraction of sp³-hybridized carbons (Fsp3) is 0.458. The Hall–Kier alpha value is -2.58. The van der Waals surface area contributed by atoms with Crippen LogP contribution in [0.3, 0.4) is 0 Å². The Bertz CT molecular complexity index is 1030. The molecule has 0 saturated carbocycles. The normalized spacial score (nSPS) is 17.9. The number of benzene rings is 2. The van der Waals surface area contributed by atoms with Crippen molar-refractivity contribution in [2.45, 2.75) is 19.3 Å². The molecule has 0 unspecified atom stereocenters. The van der Waals surface area contributed by atoms with Crippen LogP contribution in [-0.4, -0.2) is 64.7 Å². The van der Waals surface area contributed by atoms with E-state index < -0.39 is 10.0 Å². The van der Waals surface area contributed by atoms with E-state index in [0.717, 1.165) is 70.5 Å². The van der Waals surface area contributed by atoms with E-state index in [-0.39, 0.29) is 5.91 Å². The van der Waals surface area contributed by atoms with E-state index in [9.17, 15) is 13.2 Å². The average Bonchev–Trinajstić information content (AvgIpc) is 2.79. The first-order valence-corrected chi connectivity index (χ1v) is 13.2. The van der Waals surface area contributed by atoms with Crippen LogP contribution in [0.1, 0.15) is 28.8 Å². The number of hydrogen-bond donors (Lipinski definition) is 2. The standard InChI is InChI=1S/C24H32N4O3S/c1-32(30,31)26-22-18-21(7-8-23(22)27-15-11-25-12-16-27)24(29)28-13-9-20(10-14-28)17-19-5-3-2-4-6-19/h2-8,18,20,25-26H,9-17H2,1H3. The number of carbonyl (C=O) groups is 1. The lowest BCUT2D eigenvalue weighted by Gasteiger charge is -2.33. The Morgan fingerprint density at radius 2 is 1.72 bits per heavy atom. The number of piperidine rings is 1. The molecule has 2 fully saturated rings. The minimum atomic E-state index is -3.46. The Morgan fingerprint density at radius 3 is 2.38 bits per heavy atom. The summed E-state index contributed by atoms with van der Waals surface area (Å²) in [7, 11) is -3.46. The highest BCUT2D eigenvalue weighted by molar-refractivity contribution is 7.92. The van der Waals surface area contributed by atoms with Crippen molar-refractivity contribution < 1.29 is 13.2 Å². The van der Waals surface area contributed by atoms with Crippen LogP contribution < -0.4 is 14.9 Å². The predicted octanol–water partition coefficient (Wildman–Crippen LogP) is 2.56. The number of nitrogens with zero attached hydrogens (tertiary/aromatic N) is 2. The Labute approximate surface area is 190 Å². The van der Waals surface area contributed by atoms with Gasteiger partial charge < -0.3 is 15.1 Å². The first-order valence-electron chi connectivity index (χ1n) is 11.3. The van der Waals surface area contributed by atoms with Gasteiger partial charge in [0, 0.05) is 44.8 Å². The molecule has 2 saturated heterocycles. The average molecular weight is 457 g/mol. The molecule has 172 valence electrons. The molecule has 7 nitrogen and oxygen atoms in total. The maximum atomic E-state index is 13.2. The smallest absolute Gasteiger partial charge is 0.253 e. The van der Waals surface area contributed by atoms with Crippen LogP contribution in [0, 0.1) is 5.92 Å². The summed E-state index contributed by atoms with van der Waals surface area (Å²) in [6.07, 6.45) is 4.15. The molecule has 4 rings (SSSR count). The van der Waals surface area contributed by atoms with Gasteiger partial charge in [-0.3, -0.25) is 9.52 Å². The van der Waals surface area contributed by atoms with E-state index in [0.29, 0.717) is 17.2 Å². The van der Waals surface area contributed by atoms with Gasteiger partial charge in [-0.1, -0.05) is 30.3 Å². The highest BCUT2D eigenvalue weighted by Crippen LogP contribution is 2.30. The SMILES string of the molecule is CS(=O)(=O)Nc1cc(C(=O)N2CCC(Cc3ccccc3)CC2)ccc1N1CCNCC1. The number of carbonyl (C=O) groups excluding carboxylic acids is 1. The van der Waals surface area contributed by atoms with Crippen LogP contribution in [0.2, 0.25) is 0 Å². The Balaban J connectivity index is 1.45. The van der Waals surface area contributed by atoms with E-state index in [1.807, 2.05) is 23.1 Å². The summed E-state index contributed by atoms with van der Waals surface area (Å²) in [6.45, 7) is 4.73. The molecule has 2 aromatic carbocycles. The van der Waals surface area contributed by atoms with E-state index in [1.165, 1.54) is 5.56 Å². The van der Waals surface area contributed by atoms with Gasteiger partial charge in [-0.15, -0.1) is 0 Å².